The first-order valence-corrected chi connectivity index (χ1v) is 8.09. The molecule has 0 radical (unpaired) electrons. The Balaban J connectivity index is -0.00000000970. The minimum absolute atomic E-state index is 0. The van der Waals surface area contributed by atoms with Crippen molar-refractivity contribution in [2.24, 2.45) is 0 Å². The summed E-state index contributed by atoms with van der Waals surface area (Å²) in [5, 5.41) is 32.3. The fraction of sp³-hybridized carbons (Fsp3) is 0.895. The van der Waals surface area contributed by atoms with Gasteiger partial charge < -0.3 is 57.2 Å². The summed E-state index contributed by atoms with van der Waals surface area (Å²) in [5.41, 5.74) is 0. The Morgan fingerprint density at radius 2 is 0.552 bits per heavy atom. The second-order valence-corrected chi connectivity index (χ2v) is 4.31. The number of hydrogen-bond acceptors (Lipinski definition) is 4. The van der Waals surface area contributed by atoms with Gasteiger partial charge >= 0.3 is 26.2 Å². The third-order valence-electron chi connectivity index (χ3n) is 2.05. The van der Waals surface area contributed by atoms with Crippen molar-refractivity contribution in [3.05, 3.63) is 14.9 Å². The molecule has 0 atom stereocenters. The Morgan fingerprint density at radius 3 is 0.552 bits per heavy atom. The first-order chi connectivity index (χ1) is 9.66. The summed E-state index contributed by atoms with van der Waals surface area (Å²) in [4.78, 5) is 0. The maximum absolute atomic E-state index is 8.07. The van der Waals surface area contributed by atoms with Crippen molar-refractivity contribution in [1.29, 1.82) is 0 Å². The van der Waals surface area contributed by atoms with Crippen molar-refractivity contribution >= 4 is 0 Å². The second kappa shape index (κ2) is 132. The molecule has 0 aliphatic heterocycles. The first kappa shape index (κ1) is 86.7. The zero-order valence-electron chi connectivity index (χ0n) is 19.3. The van der Waals surface area contributed by atoms with E-state index < -0.39 is 0 Å². The van der Waals surface area contributed by atoms with Crippen LogP contribution in [-0.2, 0) is 52.4 Å². The minimum atomic E-state index is 0. The van der Waals surface area contributed by atoms with Crippen LogP contribution >= 0.6 is 0 Å². The van der Waals surface area contributed by atoms with Gasteiger partial charge in [0.05, 0.1) is 0 Å². The summed E-state index contributed by atoms with van der Waals surface area (Å²) >= 11 is 0. The molecule has 10 heteroatoms. The molecular weight excluding hydrogens is 539 g/mol. The molecule has 0 saturated carbocycles. The van der Waals surface area contributed by atoms with Gasteiger partial charge in [-0.05, 0) is 25.7 Å². The molecule has 0 aromatic rings. The molecule has 8 nitrogen and oxygen atoms in total. The van der Waals surface area contributed by atoms with Crippen LogP contribution in [0.3, 0.4) is 0 Å². The summed E-state index contributed by atoms with van der Waals surface area (Å²) < 4.78 is 0. The van der Waals surface area contributed by atoms with E-state index in [0.717, 1.165) is 51.4 Å². The van der Waals surface area contributed by atoms with Crippen LogP contribution in [0.4, 0.5) is 0 Å². The van der Waals surface area contributed by atoms with Gasteiger partial charge in [-0.1, -0.05) is 60.8 Å². The van der Waals surface area contributed by atoms with Gasteiger partial charge in [-0.15, -0.1) is 0 Å². The number of aliphatic hydroxyl groups is 4. The Morgan fingerprint density at radius 1 is 0.448 bits per heavy atom. The first-order valence-electron chi connectivity index (χ1n) is 8.09. The van der Waals surface area contributed by atoms with Crippen molar-refractivity contribution in [2.45, 2.75) is 86.5 Å². The zero-order valence-corrected chi connectivity index (χ0v) is 24.2. The molecule has 190 valence electrons. The van der Waals surface area contributed by atoms with Crippen LogP contribution in [-0.4, -0.2) is 68.8 Å². The third kappa shape index (κ3) is 249. The fourth-order valence-electron chi connectivity index (χ4n) is 0.632. The molecule has 0 aliphatic rings. The van der Waals surface area contributed by atoms with Crippen LogP contribution in [0, 0.1) is 14.9 Å². The Bertz CT molecular complexity index is 88.2. The quantitative estimate of drug-likeness (QED) is 0.306. The van der Waals surface area contributed by atoms with Crippen molar-refractivity contribution in [3.63, 3.8) is 0 Å². The van der Waals surface area contributed by atoms with E-state index in [0.29, 0.717) is 26.4 Å². The maximum Gasteiger partial charge on any atom is 2.00 e. The molecule has 0 heterocycles. The largest absolute Gasteiger partial charge is 2.00 e. The number of unbranched alkanes of at least 4 members (excludes halogenated alkanes) is 4. The van der Waals surface area contributed by atoms with Crippen LogP contribution in [0.15, 0.2) is 0 Å². The van der Waals surface area contributed by atoms with Crippen LogP contribution in [0.5, 0.6) is 0 Å². The molecule has 0 spiro atoms. The summed E-state index contributed by atoms with van der Waals surface area (Å²) in [6.07, 6.45) is 8.15. The summed E-state index contributed by atoms with van der Waals surface area (Å²) in [6.45, 7) is 9.58. The monoisotopic (exact) mass is 594 g/mol. The fourth-order valence-corrected chi connectivity index (χ4v) is 0.632. The van der Waals surface area contributed by atoms with E-state index in [9.17, 15) is 0 Å². The molecule has 0 unspecified atom stereocenters. The van der Waals surface area contributed by atoms with Crippen molar-refractivity contribution in [3.8, 4) is 0 Å². The SMILES string of the molecule is C.CCCCO.CCCCO.CCCCO.CCCCO.O.O.O.O.[CH3-].[CH3-].[Zr+2].[Zr]. The molecular formula is C19H58O8Zr2. The molecule has 0 bridgehead atoms. The van der Waals surface area contributed by atoms with E-state index in [-0.39, 0.29) is 96.6 Å². The summed E-state index contributed by atoms with van der Waals surface area (Å²) in [6, 6.07) is 0. The average molecular weight is 597 g/mol. The molecule has 0 aromatic carbocycles. The van der Waals surface area contributed by atoms with Crippen LogP contribution in [0.1, 0.15) is 86.5 Å². The van der Waals surface area contributed by atoms with E-state index in [1.165, 1.54) is 0 Å². The Kier molecular flexibility index (Phi) is 394. The standard InChI is InChI=1S/4C4H10O.CH4.2CH3.4H2O.2Zr/c4*1-2-3-4-5;;;;;;;;;/h4*5H,2-4H2,1H3;1H4;2*1H3;4*1H2;;/q;;;;;2*-1;;;;;;+2. The predicted molar refractivity (Wildman–Crippen MR) is 122 cm³/mol. The van der Waals surface area contributed by atoms with E-state index in [2.05, 4.69) is 27.7 Å². The van der Waals surface area contributed by atoms with Gasteiger partial charge in [-0.25, -0.2) is 0 Å². The predicted octanol–water partition coefficient (Wildman–Crippen LogP) is 1.35. The van der Waals surface area contributed by atoms with Gasteiger partial charge in [0, 0.05) is 52.6 Å². The van der Waals surface area contributed by atoms with Crippen molar-refractivity contribution in [1.82, 2.24) is 0 Å². The van der Waals surface area contributed by atoms with E-state index >= 15 is 0 Å². The maximum atomic E-state index is 8.07. The molecule has 0 aromatic heterocycles. The number of hydrogen-bond donors (Lipinski definition) is 4. The van der Waals surface area contributed by atoms with Crippen molar-refractivity contribution in [2.75, 3.05) is 26.4 Å². The topological polar surface area (TPSA) is 207 Å². The molecule has 29 heavy (non-hydrogen) atoms. The van der Waals surface area contributed by atoms with Crippen LogP contribution in [0.2, 0.25) is 0 Å². The zero-order chi connectivity index (χ0) is 16.5. The summed E-state index contributed by atoms with van der Waals surface area (Å²) in [7, 11) is 0. The van der Waals surface area contributed by atoms with E-state index in [1.54, 1.807) is 0 Å². The minimum Gasteiger partial charge on any atom is -0.412 e. The van der Waals surface area contributed by atoms with Gasteiger partial charge in [0.15, 0.2) is 0 Å². The van der Waals surface area contributed by atoms with E-state index in [4.69, 9.17) is 20.4 Å². The summed E-state index contributed by atoms with van der Waals surface area (Å²) in [5.74, 6) is 0. The number of aliphatic hydroxyl groups excluding tert-OH is 4. The van der Waals surface area contributed by atoms with Gasteiger partial charge in [-0.3, -0.25) is 0 Å². The number of rotatable bonds is 8. The van der Waals surface area contributed by atoms with Gasteiger partial charge in [0.25, 0.3) is 0 Å². The molecule has 0 fully saturated rings. The molecule has 0 rings (SSSR count). The molecule has 0 aliphatic carbocycles. The van der Waals surface area contributed by atoms with Gasteiger partial charge in [0.1, 0.15) is 0 Å². The average Bonchev–Trinajstić information content (AvgIpc) is 2.44. The van der Waals surface area contributed by atoms with Crippen LogP contribution < -0.4 is 0 Å². The van der Waals surface area contributed by atoms with Crippen molar-refractivity contribution < 1.29 is 94.7 Å². The van der Waals surface area contributed by atoms with Gasteiger partial charge in [0.2, 0.25) is 0 Å². The van der Waals surface area contributed by atoms with Gasteiger partial charge in [-0.2, -0.15) is 0 Å². The second-order valence-electron chi connectivity index (χ2n) is 4.31. The normalized spacial score (nSPS) is 5.79. The van der Waals surface area contributed by atoms with Crippen LogP contribution in [0.25, 0.3) is 0 Å². The smallest absolute Gasteiger partial charge is 0.412 e. The third-order valence-corrected chi connectivity index (χ3v) is 2.05. The molecule has 0 saturated heterocycles. The Hall–Kier alpha value is 1.45. The molecule has 12 N–H and O–H groups in total. The molecule has 0 amide bonds. The Labute approximate surface area is 221 Å². The van der Waals surface area contributed by atoms with E-state index in [1.807, 2.05) is 0 Å².